The van der Waals surface area contributed by atoms with E-state index in [1.807, 2.05) is 12.1 Å². The Morgan fingerprint density at radius 1 is 1.21 bits per heavy atom. The molecule has 2 N–H and O–H groups in total. The second kappa shape index (κ2) is 6.96. The highest BCUT2D eigenvalue weighted by molar-refractivity contribution is 5.71. The number of hydrogen-bond acceptors (Lipinski definition) is 6. The van der Waals surface area contributed by atoms with E-state index in [0.29, 0.717) is 18.8 Å². The lowest BCUT2D eigenvalue weighted by atomic mass is 10.3. The van der Waals surface area contributed by atoms with E-state index in [2.05, 4.69) is 19.9 Å². The van der Waals surface area contributed by atoms with Gasteiger partial charge in [0.25, 0.3) is 0 Å². The maximum absolute atomic E-state index is 5.57. The summed E-state index contributed by atoms with van der Waals surface area (Å²) in [5.74, 6) is 0.888. The van der Waals surface area contributed by atoms with Crippen molar-refractivity contribution in [2.24, 2.45) is 5.73 Å². The van der Waals surface area contributed by atoms with E-state index in [1.54, 1.807) is 19.5 Å². The summed E-state index contributed by atoms with van der Waals surface area (Å²) < 4.78 is 5.13. The molecular weight excluding hydrogens is 242 g/mol. The second-order valence-corrected chi connectivity index (χ2v) is 4.19. The molecule has 0 amide bonds. The topological polar surface area (TPSA) is 77.2 Å². The van der Waals surface area contributed by atoms with Crippen LogP contribution in [-0.2, 0) is 4.74 Å². The van der Waals surface area contributed by atoms with Gasteiger partial charge in [-0.25, -0.2) is 9.97 Å². The number of fused-ring (bicyclic) bond motifs is 1. The van der Waals surface area contributed by atoms with Gasteiger partial charge in [0.05, 0.1) is 6.61 Å². The van der Waals surface area contributed by atoms with E-state index in [4.69, 9.17) is 10.5 Å². The number of hydrogen-bond donors (Lipinski definition) is 1. The first-order valence-corrected chi connectivity index (χ1v) is 6.37. The van der Waals surface area contributed by atoms with Crippen molar-refractivity contribution >= 4 is 17.0 Å². The van der Waals surface area contributed by atoms with E-state index in [9.17, 15) is 0 Å². The molecule has 0 saturated carbocycles. The van der Waals surface area contributed by atoms with E-state index >= 15 is 0 Å². The Balaban J connectivity index is 2.21. The molecule has 0 radical (unpaired) electrons. The largest absolute Gasteiger partial charge is 0.383 e. The summed E-state index contributed by atoms with van der Waals surface area (Å²) in [5.41, 5.74) is 7.04. The fourth-order valence-electron chi connectivity index (χ4n) is 1.85. The molecule has 6 heteroatoms. The fraction of sp³-hybridized carbons (Fsp3) is 0.462. The summed E-state index contributed by atoms with van der Waals surface area (Å²) in [4.78, 5) is 15.1. The van der Waals surface area contributed by atoms with Crippen LogP contribution < -0.4 is 10.6 Å². The molecule has 0 bridgehead atoms. The van der Waals surface area contributed by atoms with Crippen LogP contribution in [0.1, 0.15) is 6.42 Å². The third-order valence-corrected chi connectivity index (χ3v) is 2.84. The molecule has 6 nitrogen and oxygen atoms in total. The van der Waals surface area contributed by atoms with Gasteiger partial charge in [0.1, 0.15) is 11.3 Å². The number of anilines is 1. The van der Waals surface area contributed by atoms with E-state index in [1.165, 1.54) is 0 Å². The summed E-state index contributed by atoms with van der Waals surface area (Å²) in [7, 11) is 1.69. The number of aromatic nitrogens is 3. The highest BCUT2D eigenvalue weighted by Crippen LogP contribution is 2.15. The van der Waals surface area contributed by atoms with Gasteiger partial charge in [-0.2, -0.15) is 0 Å². The Morgan fingerprint density at radius 2 is 2.05 bits per heavy atom. The molecule has 0 atom stereocenters. The van der Waals surface area contributed by atoms with Crippen LogP contribution >= 0.6 is 0 Å². The quantitative estimate of drug-likeness (QED) is 0.795. The molecular formula is C13H19N5O. The molecule has 0 aliphatic carbocycles. The van der Waals surface area contributed by atoms with Crippen molar-refractivity contribution in [1.82, 2.24) is 15.0 Å². The average molecular weight is 261 g/mol. The lowest BCUT2D eigenvalue weighted by Gasteiger charge is -2.23. The molecule has 0 aromatic carbocycles. The van der Waals surface area contributed by atoms with Gasteiger partial charge >= 0.3 is 0 Å². The van der Waals surface area contributed by atoms with Crippen LogP contribution in [0.2, 0.25) is 0 Å². The zero-order chi connectivity index (χ0) is 13.5. The van der Waals surface area contributed by atoms with Crippen LogP contribution in [-0.4, -0.2) is 48.3 Å². The number of ether oxygens (including phenoxy) is 1. The minimum atomic E-state index is 0.657. The molecule has 2 rings (SSSR count). The highest BCUT2D eigenvalue weighted by Gasteiger charge is 2.08. The molecule has 2 aromatic heterocycles. The van der Waals surface area contributed by atoms with Crippen LogP contribution in [0.3, 0.4) is 0 Å². The molecule has 0 unspecified atom stereocenters. The van der Waals surface area contributed by atoms with Crippen LogP contribution in [0.5, 0.6) is 0 Å². The molecule has 19 heavy (non-hydrogen) atoms. The Morgan fingerprint density at radius 3 is 2.84 bits per heavy atom. The second-order valence-electron chi connectivity index (χ2n) is 4.19. The van der Waals surface area contributed by atoms with E-state index < -0.39 is 0 Å². The zero-order valence-electron chi connectivity index (χ0n) is 11.1. The first-order valence-electron chi connectivity index (χ1n) is 6.37. The lowest BCUT2D eigenvalue weighted by Crippen LogP contribution is -2.30. The first-order chi connectivity index (χ1) is 9.35. The maximum Gasteiger partial charge on any atom is 0.180 e. The van der Waals surface area contributed by atoms with Crippen LogP contribution in [0, 0.1) is 0 Å². The summed E-state index contributed by atoms with van der Waals surface area (Å²) >= 11 is 0. The Labute approximate surface area is 112 Å². The van der Waals surface area contributed by atoms with Crippen molar-refractivity contribution in [2.75, 3.05) is 38.3 Å². The van der Waals surface area contributed by atoms with Gasteiger partial charge < -0.3 is 15.4 Å². The third kappa shape index (κ3) is 3.59. The Hall–Kier alpha value is -1.79. The predicted molar refractivity (Wildman–Crippen MR) is 75.1 cm³/mol. The minimum absolute atomic E-state index is 0.657. The van der Waals surface area contributed by atoms with Crippen molar-refractivity contribution in [3.8, 4) is 0 Å². The maximum atomic E-state index is 5.57. The monoisotopic (exact) mass is 261 g/mol. The molecule has 102 valence electrons. The highest BCUT2D eigenvalue weighted by atomic mass is 16.5. The van der Waals surface area contributed by atoms with E-state index in [-0.39, 0.29) is 0 Å². The lowest BCUT2D eigenvalue weighted by molar-refractivity contribution is 0.205. The van der Waals surface area contributed by atoms with Crippen molar-refractivity contribution in [1.29, 1.82) is 0 Å². The first kappa shape index (κ1) is 13.6. The van der Waals surface area contributed by atoms with Crippen molar-refractivity contribution in [3.05, 3.63) is 24.5 Å². The third-order valence-electron chi connectivity index (χ3n) is 2.84. The Bertz CT molecular complexity index is 511. The molecule has 2 heterocycles. The summed E-state index contributed by atoms with van der Waals surface area (Å²) in [6, 6.07) is 3.90. The van der Waals surface area contributed by atoms with Gasteiger partial charge in [-0.15, -0.1) is 0 Å². The smallest absolute Gasteiger partial charge is 0.180 e. The van der Waals surface area contributed by atoms with Gasteiger partial charge in [-0.05, 0) is 25.1 Å². The number of methoxy groups -OCH3 is 1. The van der Waals surface area contributed by atoms with Gasteiger partial charge in [-0.3, -0.25) is 4.98 Å². The summed E-state index contributed by atoms with van der Waals surface area (Å²) in [6.45, 7) is 2.97. The molecule has 0 saturated heterocycles. The Kier molecular flexibility index (Phi) is 5.00. The number of nitrogens with two attached hydrogens (primary N) is 1. The van der Waals surface area contributed by atoms with Gasteiger partial charge in [0.15, 0.2) is 5.65 Å². The van der Waals surface area contributed by atoms with Crippen molar-refractivity contribution in [2.45, 2.75) is 6.42 Å². The molecule has 0 aliphatic heterocycles. The van der Waals surface area contributed by atoms with Gasteiger partial charge in [0.2, 0.25) is 0 Å². The average Bonchev–Trinajstić information content (AvgIpc) is 2.47. The van der Waals surface area contributed by atoms with Crippen molar-refractivity contribution in [3.63, 3.8) is 0 Å². The standard InChI is InChI=1S/C13H19N5O/c1-19-10-9-18(8-2-5-14)12-4-3-11-13(17-12)16-7-6-15-11/h3-4,6-7H,2,5,8-10,14H2,1H3. The number of pyridine rings is 1. The number of nitrogens with zero attached hydrogens (tertiary/aromatic N) is 4. The normalized spacial score (nSPS) is 10.8. The molecule has 0 aliphatic rings. The summed E-state index contributed by atoms with van der Waals surface area (Å²) in [5, 5.41) is 0. The SMILES string of the molecule is COCCN(CCCN)c1ccc2nccnc2n1. The van der Waals surface area contributed by atoms with Crippen LogP contribution in [0.15, 0.2) is 24.5 Å². The van der Waals surface area contributed by atoms with E-state index in [0.717, 1.165) is 30.8 Å². The minimum Gasteiger partial charge on any atom is -0.383 e. The van der Waals surface area contributed by atoms with Crippen molar-refractivity contribution < 1.29 is 4.74 Å². The van der Waals surface area contributed by atoms with Crippen LogP contribution in [0.4, 0.5) is 5.82 Å². The molecule has 2 aromatic rings. The van der Waals surface area contributed by atoms with Gasteiger partial charge in [-0.1, -0.05) is 0 Å². The summed E-state index contributed by atoms with van der Waals surface area (Å²) in [6.07, 6.45) is 4.24. The molecule has 0 fully saturated rings. The predicted octanol–water partition coefficient (Wildman–Crippen LogP) is 0.826. The van der Waals surface area contributed by atoms with Crippen LogP contribution in [0.25, 0.3) is 11.2 Å². The number of rotatable bonds is 7. The zero-order valence-corrected chi connectivity index (χ0v) is 11.1. The fourth-order valence-corrected chi connectivity index (χ4v) is 1.85. The molecule has 0 spiro atoms. The van der Waals surface area contributed by atoms with Gasteiger partial charge in [0, 0.05) is 32.6 Å².